The Labute approximate surface area is 210 Å². The Balaban J connectivity index is 1.41. The van der Waals surface area contributed by atoms with E-state index in [1.165, 1.54) is 11.8 Å². The summed E-state index contributed by atoms with van der Waals surface area (Å²) in [7, 11) is 0. The second-order valence-electron chi connectivity index (χ2n) is 8.87. The molecule has 0 aliphatic carbocycles. The van der Waals surface area contributed by atoms with Crippen LogP contribution in [0.5, 0.6) is 0 Å². The summed E-state index contributed by atoms with van der Waals surface area (Å²) in [6.07, 6.45) is 1.95. The van der Waals surface area contributed by atoms with E-state index >= 15 is 0 Å². The Bertz CT molecular complexity index is 1360. The van der Waals surface area contributed by atoms with Crippen LogP contribution in [0.3, 0.4) is 0 Å². The number of aromatic amines is 1. The monoisotopic (exact) mass is 512 g/mol. The number of benzene rings is 2. The minimum Gasteiger partial charge on any atom is -0.368 e. The van der Waals surface area contributed by atoms with E-state index in [2.05, 4.69) is 20.9 Å². The van der Waals surface area contributed by atoms with Gasteiger partial charge in [0.25, 0.3) is 0 Å². The topological polar surface area (TPSA) is 149 Å². The molecule has 1 saturated heterocycles. The van der Waals surface area contributed by atoms with Gasteiger partial charge in [0.1, 0.15) is 23.7 Å². The quantitative estimate of drug-likeness (QED) is 0.328. The molecule has 1 aliphatic heterocycles. The van der Waals surface area contributed by atoms with Crippen molar-refractivity contribution in [2.24, 2.45) is 5.73 Å². The number of nitrogens with one attached hydrogen (secondary N) is 4. The number of rotatable bonds is 7. The van der Waals surface area contributed by atoms with Gasteiger partial charge in [-0.15, -0.1) is 0 Å². The van der Waals surface area contributed by atoms with Gasteiger partial charge in [0, 0.05) is 43.1 Å². The second-order valence-corrected chi connectivity index (χ2v) is 8.87. The van der Waals surface area contributed by atoms with Gasteiger partial charge >= 0.3 is 6.03 Å². The number of primary amides is 1. The van der Waals surface area contributed by atoms with Gasteiger partial charge in [0.15, 0.2) is 0 Å². The van der Waals surface area contributed by atoms with E-state index < -0.39 is 53.5 Å². The van der Waals surface area contributed by atoms with Crippen molar-refractivity contribution in [2.45, 2.75) is 37.9 Å². The summed E-state index contributed by atoms with van der Waals surface area (Å²) in [5.74, 6) is -3.46. The zero-order chi connectivity index (χ0) is 26.7. The van der Waals surface area contributed by atoms with Crippen LogP contribution in [0.15, 0.2) is 48.7 Å². The summed E-state index contributed by atoms with van der Waals surface area (Å²) in [6, 6.07) is 6.79. The highest BCUT2D eigenvalue weighted by Gasteiger charge is 2.40. The number of carbonyl (C=O) groups is 4. The molecule has 1 aliphatic rings. The van der Waals surface area contributed by atoms with Gasteiger partial charge in [-0.05, 0) is 30.2 Å². The fourth-order valence-electron chi connectivity index (χ4n) is 4.48. The summed E-state index contributed by atoms with van der Waals surface area (Å²) in [5, 5.41) is 8.40. The number of amides is 5. The van der Waals surface area contributed by atoms with Gasteiger partial charge in [0.2, 0.25) is 17.7 Å². The third-order valence-electron chi connectivity index (χ3n) is 6.28. The molecule has 5 amide bonds. The average Bonchev–Trinajstić information content (AvgIpc) is 3.45. The summed E-state index contributed by atoms with van der Waals surface area (Å²) in [5.41, 5.74) is 7.00. The molecule has 37 heavy (non-hydrogen) atoms. The number of anilines is 1. The fourth-order valence-corrected chi connectivity index (χ4v) is 4.48. The first-order chi connectivity index (χ1) is 17.6. The summed E-state index contributed by atoms with van der Waals surface area (Å²) in [4.78, 5) is 54.3. The lowest BCUT2D eigenvalue weighted by atomic mass is 10.0. The number of halogens is 2. The number of carbonyl (C=O) groups excluding carboxylic acids is 4. The number of H-pyrrole nitrogens is 1. The smallest absolute Gasteiger partial charge is 0.319 e. The van der Waals surface area contributed by atoms with Crippen LogP contribution in [0.25, 0.3) is 10.9 Å². The van der Waals surface area contributed by atoms with Crippen molar-refractivity contribution in [3.8, 4) is 0 Å². The van der Waals surface area contributed by atoms with E-state index in [4.69, 9.17) is 5.73 Å². The minimum absolute atomic E-state index is 0.0242. The number of hydrogen-bond donors (Lipinski definition) is 5. The maximum atomic E-state index is 13.8. The lowest BCUT2D eigenvalue weighted by Gasteiger charge is -2.24. The van der Waals surface area contributed by atoms with Gasteiger partial charge in [-0.25, -0.2) is 13.6 Å². The van der Waals surface area contributed by atoms with Crippen molar-refractivity contribution in [3.05, 3.63) is 65.9 Å². The highest BCUT2D eigenvalue weighted by atomic mass is 19.1. The third-order valence-corrected chi connectivity index (χ3v) is 6.28. The van der Waals surface area contributed by atoms with Gasteiger partial charge in [0.05, 0.1) is 11.7 Å². The molecular formula is C25H26F2N6O4. The van der Waals surface area contributed by atoms with Crippen LogP contribution in [0, 0.1) is 11.6 Å². The second kappa shape index (κ2) is 10.6. The highest BCUT2D eigenvalue weighted by molar-refractivity contribution is 5.93. The number of fused-ring (bicyclic) bond motifs is 1. The number of aromatic nitrogens is 1. The number of urea groups is 1. The van der Waals surface area contributed by atoms with Crippen LogP contribution in [-0.2, 0) is 20.8 Å². The van der Waals surface area contributed by atoms with Gasteiger partial charge in [-0.3, -0.25) is 14.4 Å². The average molecular weight is 513 g/mol. The molecule has 194 valence electrons. The Morgan fingerprint density at radius 1 is 1.16 bits per heavy atom. The number of nitrogens with two attached hydrogens (primary N) is 1. The van der Waals surface area contributed by atoms with Gasteiger partial charge in [-0.1, -0.05) is 18.2 Å². The summed E-state index contributed by atoms with van der Waals surface area (Å²) >= 11 is 0. The Morgan fingerprint density at radius 2 is 1.92 bits per heavy atom. The lowest BCUT2D eigenvalue weighted by molar-refractivity contribution is -0.137. The summed E-state index contributed by atoms with van der Waals surface area (Å²) < 4.78 is 26.9. The van der Waals surface area contributed by atoms with E-state index in [1.54, 1.807) is 6.20 Å². The number of para-hydroxylation sites is 1. The van der Waals surface area contributed by atoms with Crippen LogP contribution in [0.4, 0.5) is 19.3 Å². The molecule has 3 aromatic rings. The molecule has 1 fully saturated rings. The predicted octanol–water partition coefficient (Wildman–Crippen LogP) is 1.77. The van der Waals surface area contributed by atoms with Crippen molar-refractivity contribution in [1.29, 1.82) is 0 Å². The molecule has 0 unspecified atom stereocenters. The molecule has 3 atom stereocenters. The van der Waals surface area contributed by atoms with Gasteiger partial charge < -0.3 is 31.6 Å². The normalized spacial score (nSPS) is 17.9. The van der Waals surface area contributed by atoms with E-state index in [0.717, 1.165) is 28.6 Å². The van der Waals surface area contributed by atoms with Crippen molar-refractivity contribution >= 4 is 40.3 Å². The van der Waals surface area contributed by atoms with Crippen LogP contribution >= 0.6 is 0 Å². The van der Waals surface area contributed by atoms with Crippen molar-refractivity contribution in [1.82, 2.24) is 20.5 Å². The van der Waals surface area contributed by atoms with E-state index in [1.807, 2.05) is 24.3 Å². The molecule has 12 heteroatoms. The predicted molar refractivity (Wildman–Crippen MR) is 131 cm³/mol. The first kappa shape index (κ1) is 25.6. The molecule has 10 nitrogen and oxygen atoms in total. The third kappa shape index (κ3) is 5.85. The molecule has 2 heterocycles. The SMILES string of the molecule is CC(=O)N1C[C@@H](NC(=O)Nc2ccc(F)cc2F)C[C@H]1C(=O)N[C@H](Cc1c[nH]c2ccccc12)C(N)=O. The minimum atomic E-state index is -1.03. The van der Waals surface area contributed by atoms with Crippen LogP contribution in [-0.4, -0.2) is 58.3 Å². The molecular weight excluding hydrogens is 486 g/mol. The summed E-state index contributed by atoms with van der Waals surface area (Å²) in [6.45, 7) is 1.31. The first-order valence-corrected chi connectivity index (χ1v) is 11.6. The zero-order valence-corrected chi connectivity index (χ0v) is 19.9. The van der Waals surface area contributed by atoms with E-state index in [-0.39, 0.29) is 25.1 Å². The standard InChI is InChI=1S/C25H26F2N6O4/c1-13(34)33-12-16(30-25(37)32-20-7-6-15(26)9-18(20)27)10-22(33)24(36)31-21(23(28)35)8-14-11-29-19-5-3-2-4-17(14)19/h2-7,9,11,16,21-22,29H,8,10,12H2,1H3,(H2,28,35)(H,31,36)(H2,30,32,37)/t16-,21+,22-/m0/s1. The first-order valence-electron chi connectivity index (χ1n) is 11.6. The molecule has 6 N–H and O–H groups in total. The van der Waals surface area contributed by atoms with Crippen molar-refractivity contribution in [2.75, 3.05) is 11.9 Å². The zero-order valence-electron chi connectivity index (χ0n) is 19.9. The lowest BCUT2D eigenvalue weighted by Crippen LogP contribution is -2.52. The van der Waals surface area contributed by atoms with E-state index in [0.29, 0.717) is 6.07 Å². The Hall–Kier alpha value is -4.48. The van der Waals surface area contributed by atoms with Crippen molar-refractivity contribution in [3.63, 3.8) is 0 Å². The number of nitrogens with zero attached hydrogens (tertiary/aromatic N) is 1. The highest BCUT2D eigenvalue weighted by Crippen LogP contribution is 2.22. The molecule has 0 saturated carbocycles. The Kier molecular flexibility index (Phi) is 7.37. The Morgan fingerprint density at radius 3 is 2.62 bits per heavy atom. The fraction of sp³-hybridized carbons (Fsp3) is 0.280. The number of hydrogen-bond acceptors (Lipinski definition) is 4. The van der Waals surface area contributed by atoms with Crippen LogP contribution < -0.4 is 21.7 Å². The molecule has 0 bridgehead atoms. The molecule has 1 aromatic heterocycles. The maximum absolute atomic E-state index is 13.8. The number of likely N-dealkylation sites (tertiary alicyclic amines) is 1. The van der Waals surface area contributed by atoms with Crippen LogP contribution in [0.2, 0.25) is 0 Å². The molecule has 0 spiro atoms. The largest absolute Gasteiger partial charge is 0.368 e. The van der Waals surface area contributed by atoms with Crippen LogP contribution in [0.1, 0.15) is 18.9 Å². The molecule has 4 rings (SSSR count). The van der Waals surface area contributed by atoms with E-state index in [9.17, 15) is 28.0 Å². The van der Waals surface area contributed by atoms with Crippen molar-refractivity contribution < 1.29 is 28.0 Å². The van der Waals surface area contributed by atoms with Gasteiger partial charge in [-0.2, -0.15) is 0 Å². The maximum Gasteiger partial charge on any atom is 0.319 e. The molecule has 0 radical (unpaired) electrons. The molecule has 2 aromatic carbocycles.